The van der Waals surface area contributed by atoms with Crippen molar-refractivity contribution in [2.24, 2.45) is 5.92 Å². The average molecular weight is 392 g/mol. The van der Waals surface area contributed by atoms with Crippen LogP contribution in [0.25, 0.3) is 22.1 Å². The van der Waals surface area contributed by atoms with Crippen molar-refractivity contribution >= 4 is 16.9 Å². The van der Waals surface area contributed by atoms with Gasteiger partial charge in [0, 0.05) is 10.9 Å². The van der Waals surface area contributed by atoms with E-state index in [1.807, 2.05) is 18.2 Å². The number of benzene rings is 2. The molecule has 1 aliphatic rings. The van der Waals surface area contributed by atoms with E-state index in [0.29, 0.717) is 33.9 Å². The first-order valence-electron chi connectivity index (χ1n) is 9.97. The Hall–Kier alpha value is -3.08. The van der Waals surface area contributed by atoms with Crippen LogP contribution in [-0.4, -0.2) is 19.2 Å². The van der Waals surface area contributed by atoms with Crippen molar-refractivity contribution in [2.45, 2.75) is 38.7 Å². The lowest BCUT2D eigenvalue weighted by Crippen LogP contribution is -2.24. The van der Waals surface area contributed by atoms with Gasteiger partial charge in [0.2, 0.25) is 0 Å². The summed E-state index contributed by atoms with van der Waals surface area (Å²) in [6, 6.07) is 14.1. The summed E-state index contributed by atoms with van der Waals surface area (Å²) in [5, 5.41) is 0.799. The van der Waals surface area contributed by atoms with Crippen molar-refractivity contribution in [1.29, 1.82) is 0 Å². The second-order valence-electron chi connectivity index (χ2n) is 7.70. The Bertz CT molecular complexity index is 1100. The van der Waals surface area contributed by atoms with Gasteiger partial charge in [0.05, 0.1) is 18.2 Å². The molecule has 150 valence electrons. The molecule has 1 aliphatic carbocycles. The van der Waals surface area contributed by atoms with Gasteiger partial charge in [0.25, 0.3) is 0 Å². The molecule has 1 saturated carbocycles. The highest BCUT2D eigenvalue weighted by molar-refractivity contribution is 5.92. The number of hydrogen-bond acceptors (Lipinski definition) is 5. The van der Waals surface area contributed by atoms with Crippen LogP contribution in [0.2, 0.25) is 0 Å². The van der Waals surface area contributed by atoms with E-state index in [4.69, 9.17) is 13.9 Å². The molecule has 1 heterocycles. The Kier molecular flexibility index (Phi) is 5.38. The number of hydrogen-bond donors (Lipinski definition) is 0. The molecule has 0 amide bonds. The second kappa shape index (κ2) is 8.11. The number of fused-ring (bicyclic) bond motifs is 1. The largest absolute Gasteiger partial charge is 0.496 e. The van der Waals surface area contributed by atoms with E-state index in [0.717, 1.165) is 24.6 Å². The summed E-state index contributed by atoms with van der Waals surface area (Å²) in [6.07, 6.45) is 3.99. The van der Waals surface area contributed by atoms with Gasteiger partial charge in [-0.3, -0.25) is 0 Å². The molecule has 1 aromatic heterocycles. The van der Waals surface area contributed by atoms with E-state index in [9.17, 15) is 9.59 Å². The molecule has 2 atom stereocenters. The van der Waals surface area contributed by atoms with Crippen LogP contribution >= 0.6 is 0 Å². The van der Waals surface area contributed by atoms with Crippen molar-refractivity contribution in [1.82, 2.24) is 0 Å². The SMILES string of the molecule is COc1ccc(C(=O)O[C@H]2CCC[C@@H](C)C2)cc1-c1cc2ccccc2oc1=O. The number of carbonyl (C=O) groups excluding carboxylic acids is 1. The monoisotopic (exact) mass is 392 g/mol. The van der Waals surface area contributed by atoms with Gasteiger partial charge in [0.15, 0.2) is 0 Å². The van der Waals surface area contributed by atoms with E-state index >= 15 is 0 Å². The summed E-state index contributed by atoms with van der Waals surface area (Å²) in [7, 11) is 1.53. The van der Waals surface area contributed by atoms with Gasteiger partial charge in [-0.15, -0.1) is 0 Å². The quantitative estimate of drug-likeness (QED) is 0.451. The van der Waals surface area contributed by atoms with Gasteiger partial charge in [0.1, 0.15) is 17.4 Å². The van der Waals surface area contributed by atoms with Crippen LogP contribution < -0.4 is 10.4 Å². The third-order valence-corrected chi connectivity index (χ3v) is 5.53. The molecule has 4 rings (SSSR count). The predicted molar refractivity (Wildman–Crippen MR) is 111 cm³/mol. The van der Waals surface area contributed by atoms with Crippen LogP contribution in [-0.2, 0) is 4.74 Å². The van der Waals surface area contributed by atoms with Gasteiger partial charge in [-0.25, -0.2) is 9.59 Å². The zero-order valence-corrected chi connectivity index (χ0v) is 16.6. The highest BCUT2D eigenvalue weighted by Gasteiger charge is 2.24. The number of rotatable bonds is 4. The molecule has 0 radical (unpaired) electrons. The molecule has 2 aromatic carbocycles. The summed E-state index contributed by atoms with van der Waals surface area (Å²) in [6.45, 7) is 2.19. The lowest BCUT2D eigenvalue weighted by atomic mass is 9.89. The Morgan fingerprint density at radius 1 is 1.07 bits per heavy atom. The number of methoxy groups -OCH3 is 1. The first-order chi connectivity index (χ1) is 14.0. The van der Waals surface area contributed by atoms with Gasteiger partial charge in [-0.2, -0.15) is 0 Å². The summed E-state index contributed by atoms with van der Waals surface area (Å²) in [5.74, 6) is 0.684. The number of carbonyl (C=O) groups is 1. The van der Waals surface area contributed by atoms with E-state index in [1.54, 1.807) is 30.3 Å². The highest BCUT2D eigenvalue weighted by Crippen LogP contribution is 2.32. The Morgan fingerprint density at radius 2 is 1.90 bits per heavy atom. The molecular formula is C24H24O5. The summed E-state index contributed by atoms with van der Waals surface area (Å²) < 4.78 is 16.6. The highest BCUT2D eigenvalue weighted by atomic mass is 16.5. The fourth-order valence-electron chi connectivity index (χ4n) is 4.00. The molecule has 0 bridgehead atoms. The van der Waals surface area contributed by atoms with Crippen molar-refractivity contribution in [3.8, 4) is 16.9 Å². The Labute approximate surface area is 169 Å². The molecule has 5 nitrogen and oxygen atoms in total. The van der Waals surface area contributed by atoms with E-state index in [-0.39, 0.29) is 12.1 Å². The van der Waals surface area contributed by atoms with Gasteiger partial charge in [-0.05, 0) is 55.5 Å². The van der Waals surface area contributed by atoms with Crippen molar-refractivity contribution in [3.05, 3.63) is 64.5 Å². The van der Waals surface area contributed by atoms with Crippen molar-refractivity contribution in [2.75, 3.05) is 7.11 Å². The average Bonchev–Trinajstić information content (AvgIpc) is 2.72. The van der Waals surface area contributed by atoms with Gasteiger partial charge < -0.3 is 13.9 Å². The molecule has 0 spiro atoms. The Morgan fingerprint density at radius 3 is 2.69 bits per heavy atom. The number of para-hydroxylation sites is 1. The normalized spacial score (nSPS) is 19.1. The van der Waals surface area contributed by atoms with Crippen molar-refractivity contribution < 1.29 is 18.7 Å². The molecular weight excluding hydrogens is 368 g/mol. The minimum Gasteiger partial charge on any atom is -0.496 e. The third kappa shape index (κ3) is 4.04. The Balaban J connectivity index is 1.70. The maximum atomic E-state index is 12.7. The standard InChI is InChI=1S/C24H24O5/c1-15-6-5-8-18(12-15)28-23(25)17-10-11-22(27-2)19(14-17)20-13-16-7-3-4-9-21(16)29-24(20)26/h3-4,7,9-11,13-15,18H,5-6,8,12H2,1-2H3/t15-,18+/m1/s1. The zero-order chi connectivity index (χ0) is 20.4. The lowest BCUT2D eigenvalue weighted by molar-refractivity contribution is 0.0155. The molecule has 1 fully saturated rings. The molecule has 29 heavy (non-hydrogen) atoms. The van der Waals surface area contributed by atoms with E-state index in [1.165, 1.54) is 13.5 Å². The molecule has 0 saturated heterocycles. The van der Waals surface area contributed by atoms with Crippen LogP contribution in [0, 0.1) is 5.92 Å². The fourth-order valence-corrected chi connectivity index (χ4v) is 4.00. The first-order valence-corrected chi connectivity index (χ1v) is 9.97. The summed E-state index contributed by atoms with van der Waals surface area (Å²) in [5.41, 5.74) is 1.29. The smallest absolute Gasteiger partial charge is 0.344 e. The maximum absolute atomic E-state index is 12.7. The topological polar surface area (TPSA) is 65.7 Å². The van der Waals surface area contributed by atoms with Gasteiger partial charge in [-0.1, -0.05) is 31.5 Å². The number of ether oxygens (including phenoxy) is 2. The van der Waals surface area contributed by atoms with Crippen LogP contribution in [0.1, 0.15) is 43.0 Å². The van der Waals surface area contributed by atoms with Crippen LogP contribution in [0.15, 0.2) is 57.7 Å². The summed E-state index contributed by atoms with van der Waals surface area (Å²) in [4.78, 5) is 25.3. The minimum absolute atomic E-state index is 0.0532. The zero-order valence-electron chi connectivity index (χ0n) is 16.6. The van der Waals surface area contributed by atoms with Crippen LogP contribution in [0.3, 0.4) is 0 Å². The summed E-state index contributed by atoms with van der Waals surface area (Å²) >= 11 is 0. The predicted octanol–water partition coefficient (Wildman–Crippen LogP) is 5.20. The fraction of sp³-hybridized carbons (Fsp3) is 0.333. The van der Waals surface area contributed by atoms with Crippen LogP contribution in [0.5, 0.6) is 5.75 Å². The van der Waals surface area contributed by atoms with E-state index < -0.39 is 5.63 Å². The lowest BCUT2D eigenvalue weighted by Gasteiger charge is -2.26. The van der Waals surface area contributed by atoms with E-state index in [2.05, 4.69) is 6.92 Å². The molecule has 0 N–H and O–H groups in total. The minimum atomic E-state index is -0.478. The maximum Gasteiger partial charge on any atom is 0.344 e. The van der Waals surface area contributed by atoms with Gasteiger partial charge >= 0.3 is 11.6 Å². The van der Waals surface area contributed by atoms with Crippen molar-refractivity contribution in [3.63, 3.8) is 0 Å². The first kappa shape index (κ1) is 19.2. The second-order valence-corrected chi connectivity index (χ2v) is 7.70. The molecule has 0 unspecified atom stereocenters. The molecule has 5 heteroatoms. The molecule has 3 aromatic rings. The third-order valence-electron chi connectivity index (χ3n) is 5.53. The molecule has 0 aliphatic heterocycles. The van der Waals surface area contributed by atoms with Crippen LogP contribution in [0.4, 0.5) is 0 Å². The number of esters is 1.